The number of hydrogen-bond donors (Lipinski definition) is 0. The standard InChI is InChI=1S/C21H17ClN2OS/c1-2-21(25)24-12-18(17-11-20(22)26-19(17)13-24)16-6-4-3-5-15(16)14-7-9-23-10-8-14/h2-11,18H,1,12-13H2/t18-/m0/s1. The highest BCUT2D eigenvalue weighted by Crippen LogP contribution is 2.42. The van der Waals surface area contributed by atoms with Gasteiger partial charge in [0.2, 0.25) is 5.91 Å². The number of carbonyl (C=O) groups excluding carboxylic acids is 1. The van der Waals surface area contributed by atoms with E-state index in [0.29, 0.717) is 13.1 Å². The summed E-state index contributed by atoms with van der Waals surface area (Å²) in [4.78, 5) is 19.4. The van der Waals surface area contributed by atoms with Crippen molar-refractivity contribution < 1.29 is 4.79 Å². The van der Waals surface area contributed by atoms with Crippen molar-refractivity contribution in [3.63, 3.8) is 0 Å². The van der Waals surface area contributed by atoms with Crippen molar-refractivity contribution in [3.8, 4) is 11.1 Å². The summed E-state index contributed by atoms with van der Waals surface area (Å²) in [6.07, 6.45) is 4.98. The van der Waals surface area contributed by atoms with Gasteiger partial charge in [0.05, 0.1) is 10.9 Å². The molecule has 0 spiro atoms. The average Bonchev–Trinajstić information content (AvgIpc) is 3.07. The fourth-order valence-electron chi connectivity index (χ4n) is 3.54. The molecule has 0 N–H and O–H groups in total. The van der Waals surface area contributed by atoms with Crippen molar-refractivity contribution in [3.05, 3.63) is 87.9 Å². The average molecular weight is 381 g/mol. The normalized spacial score (nSPS) is 16.2. The Hall–Kier alpha value is -2.43. The number of benzene rings is 1. The summed E-state index contributed by atoms with van der Waals surface area (Å²) in [6, 6.07) is 14.4. The Morgan fingerprint density at radius 1 is 1.23 bits per heavy atom. The van der Waals surface area contributed by atoms with E-state index < -0.39 is 0 Å². The Labute approximate surface area is 161 Å². The first-order valence-electron chi connectivity index (χ1n) is 8.36. The van der Waals surface area contributed by atoms with Crippen molar-refractivity contribution in [2.45, 2.75) is 12.5 Å². The van der Waals surface area contributed by atoms with Crippen LogP contribution in [-0.2, 0) is 11.3 Å². The van der Waals surface area contributed by atoms with Crippen LogP contribution in [0.5, 0.6) is 0 Å². The highest BCUT2D eigenvalue weighted by molar-refractivity contribution is 7.16. The van der Waals surface area contributed by atoms with E-state index in [2.05, 4.69) is 23.7 Å². The fraction of sp³-hybridized carbons (Fsp3) is 0.143. The molecule has 0 aliphatic carbocycles. The zero-order chi connectivity index (χ0) is 18.1. The maximum atomic E-state index is 12.3. The smallest absolute Gasteiger partial charge is 0.246 e. The van der Waals surface area contributed by atoms with Gasteiger partial charge in [-0.1, -0.05) is 42.4 Å². The van der Waals surface area contributed by atoms with Crippen LogP contribution in [0.2, 0.25) is 4.34 Å². The van der Waals surface area contributed by atoms with E-state index in [1.807, 2.05) is 35.2 Å². The number of amides is 1. The van der Waals surface area contributed by atoms with E-state index in [0.717, 1.165) is 20.3 Å². The molecule has 26 heavy (non-hydrogen) atoms. The molecule has 0 saturated carbocycles. The van der Waals surface area contributed by atoms with Crippen molar-refractivity contribution >= 4 is 28.8 Å². The summed E-state index contributed by atoms with van der Waals surface area (Å²) in [5, 5.41) is 0. The molecule has 0 bridgehead atoms. The number of pyridine rings is 1. The minimum Gasteiger partial charge on any atom is -0.333 e. The fourth-order valence-corrected chi connectivity index (χ4v) is 4.90. The minimum atomic E-state index is -0.0495. The van der Waals surface area contributed by atoms with E-state index in [-0.39, 0.29) is 11.8 Å². The lowest BCUT2D eigenvalue weighted by molar-refractivity contribution is -0.127. The summed E-state index contributed by atoms with van der Waals surface area (Å²) in [5.74, 6) is 0.0299. The highest BCUT2D eigenvalue weighted by Gasteiger charge is 2.31. The minimum absolute atomic E-state index is 0.0495. The van der Waals surface area contributed by atoms with Gasteiger partial charge < -0.3 is 4.90 Å². The van der Waals surface area contributed by atoms with Gasteiger partial charge in [0.15, 0.2) is 0 Å². The second-order valence-corrected chi connectivity index (χ2v) is 8.00. The summed E-state index contributed by atoms with van der Waals surface area (Å²) < 4.78 is 0.759. The number of fused-ring (bicyclic) bond motifs is 1. The largest absolute Gasteiger partial charge is 0.333 e. The summed E-state index contributed by atoms with van der Waals surface area (Å²) in [7, 11) is 0. The van der Waals surface area contributed by atoms with Crippen LogP contribution >= 0.6 is 22.9 Å². The molecule has 4 rings (SSSR count). The molecule has 0 unspecified atom stereocenters. The lowest BCUT2D eigenvalue weighted by Gasteiger charge is -2.33. The van der Waals surface area contributed by atoms with Gasteiger partial charge in [0.25, 0.3) is 0 Å². The first-order valence-corrected chi connectivity index (χ1v) is 9.55. The molecule has 0 radical (unpaired) electrons. The number of thiophene rings is 1. The van der Waals surface area contributed by atoms with Crippen LogP contribution in [0.25, 0.3) is 11.1 Å². The highest BCUT2D eigenvalue weighted by atomic mass is 35.5. The predicted molar refractivity (Wildman–Crippen MR) is 106 cm³/mol. The molecule has 0 saturated heterocycles. The first-order chi connectivity index (χ1) is 12.7. The monoisotopic (exact) mass is 380 g/mol. The molecule has 1 atom stereocenters. The third-order valence-corrected chi connectivity index (χ3v) is 6.00. The van der Waals surface area contributed by atoms with Gasteiger partial charge in [-0.15, -0.1) is 11.3 Å². The van der Waals surface area contributed by atoms with Gasteiger partial charge in [0.1, 0.15) is 0 Å². The number of aromatic nitrogens is 1. The van der Waals surface area contributed by atoms with Gasteiger partial charge in [-0.05, 0) is 46.5 Å². The first kappa shape index (κ1) is 17.0. The Kier molecular flexibility index (Phi) is 4.62. The van der Waals surface area contributed by atoms with E-state index in [4.69, 9.17) is 11.6 Å². The van der Waals surface area contributed by atoms with Crippen LogP contribution in [0, 0.1) is 0 Å². The van der Waals surface area contributed by atoms with Crippen molar-refractivity contribution in [2.75, 3.05) is 6.54 Å². The number of nitrogens with zero attached hydrogens (tertiary/aromatic N) is 2. The second kappa shape index (κ2) is 7.06. The summed E-state index contributed by atoms with van der Waals surface area (Å²) >= 11 is 7.86. The van der Waals surface area contributed by atoms with Gasteiger partial charge >= 0.3 is 0 Å². The number of rotatable bonds is 3. The van der Waals surface area contributed by atoms with Crippen LogP contribution in [0.4, 0.5) is 0 Å². The lowest BCUT2D eigenvalue weighted by Crippen LogP contribution is -2.37. The molecular formula is C21H17ClN2OS. The third-order valence-electron chi connectivity index (χ3n) is 4.74. The zero-order valence-corrected chi connectivity index (χ0v) is 15.6. The van der Waals surface area contributed by atoms with Gasteiger partial charge in [-0.25, -0.2) is 0 Å². The maximum absolute atomic E-state index is 12.3. The van der Waals surface area contributed by atoms with Gasteiger partial charge in [-0.2, -0.15) is 0 Å². The van der Waals surface area contributed by atoms with Crippen molar-refractivity contribution in [1.82, 2.24) is 9.88 Å². The van der Waals surface area contributed by atoms with Crippen molar-refractivity contribution in [2.24, 2.45) is 0 Å². The lowest BCUT2D eigenvalue weighted by atomic mass is 9.84. The molecule has 2 aromatic heterocycles. The van der Waals surface area contributed by atoms with Crippen LogP contribution in [0.1, 0.15) is 21.9 Å². The van der Waals surface area contributed by atoms with Crippen LogP contribution in [0.3, 0.4) is 0 Å². The maximum Gasteiger partial charge on any atom is 0.246 e. The van der Waals surface area contributed by atoms with E-state index in [9.17, 15) is 4.79 Å². The molecule has 1 aromatic carbocycles. The molecule has 1 aliphatic rings. The molecule has 3 nitrogen and oxygen atoms in total. The molecule has 0 fully saturated rings. The summed E-state index contributed by atoms with van der Waals surface area (Å²) in [5.41, 5.74) is 4.68. The van der Waals surface area contributed by atoms with Crippen molar-refractivity contribution in [1.29, 1.82) is 0 Å². The Bertz CT molecular complexity index is 967. The van der Waals surface area contributed by atoms with Gasteiger partial charge in [-0.3, -0.25) is 9.78 Å². The number of carbonyl (C=O) groups is 1. The predicted octanol–water partition coefficient (Wildman–Crippen LogP) is 5.12. The SMILES string of the molecule is C=CC(=O)N1Cc2sc(Cl)cc2[C@H](c2ccccc2-c2ccncc2)C1. The molecule has 5 heteroatoms. The van der Waals surface area contributed by atoms with E-state index in [1.165, 1.54) is 17.2 Å². The van der Waals surface area contributed by atoms with E-state index in [1.54, 1.807) is 23.7 Å². The molecule has 130 valence electrons. The molecular weight excluding hydrogens is 364 g/mol. The van der Waals surface area contributed by atoms with Crippen LogP contribution < -0.4 is 0 Å². The topological polar surface area (TPSA) is 33.2 Å². The molecule has 3 aromatic rings. The van der Waals surface area contributed by atoms with Crippen LogP contribution in [0.15, 0.2) is 67.5 Å². The Morgan fingerprint density at radius 2 is 2.00 bits per heavy atom. The zero-order valence-electron chi connectivity index (χ0n) is 14.1. The second-order valence-electron chi connectivity index (χ2n) is 6.23. The Balaban J connectivity index is 1.84. The summed E-state index contributed by atoms with van der Waals surface area (Å²) in [6.45, 7) is 4.85. The number of halogens is 1. The van der Waals surface area contributed by atoms with E-state index >= 15 is 0 Å². The molecule has 1 aliphatic heterocycles. The Morgan fingerprint density at radius 3 is 2.77 bits per heavy atom. The third kappa shape index (κ3) is 3.06. The van der Waals surface area contributed by atoms with Crippen LogP contribution in [-0.4, -0.2) is 22.3 Å². The number of hydrogen-bond acceptors (Lipinski definition) is 3. The molecule has 1 amide bonds. The molecule has 3 heterocycles. The quantitative estimate of drug-likeness (QED) is 0.590. The van der Waals surface area contributed by atoms with Gasteiger partial charge in [0, 0.05) is 29.7 Å².